The molecule has 0 aliphatic carbocycles. The van der Waals surface area contributed by atoms with Crippen molar-refractivity contribution in [3.63, 3.8) is 0 Å². The zero-order chi connectivity index (χ0) is 9.84. The van der Waals surface area contributed by atoms with Gasteiger partial charge in [-0.05, 0) is 24.6 Å². The van der Waals surface area contributed by atoms with Gasteiger partial charge in [0, 0.05) is 19.8 Å². The first-order valence-corrected chi connectivity index (χ1v) is 4.18. The highest BCUT2D eigenvalue weighted by Gasteiger charge is 1.96. The van der Waals surface area contributed by atoms with Crippen LogP contribution in [0.15, 0.2) is 29.4 Å². The molecule has 1 aromatic carbocycles. The summed E-state index contributed by atoms with van der Waals surface area (Å²) in [6, 6.07) is 7.70. The molecule has 0 heterocycles. The Bertz CT molecular complexity index is 298. The fourth-order valence-electron chi connectivity index (χ4n) is 1.08. The highest BCUT2D eigenvalue weighted by molar-refractivity contribution is 5.98. The van der Waals surface area contributed by atoms with Gasteiger partial charge in [0.1, 0.15) is 0 Å². The van der Waals surface area contributed by atoms with Crippen molar-refractivity contribution in [2.24, 2.45) is 5.10 Å². The van der Waals surface area contributed by atoms with Crippen molar-refractivity contribution in [3.8, 4) is 0 Å². The second kappa shape index (κ2) is 3.94. The van der Waals surface area contributed by atoms with Crippen LogP contribution >= 0.6 is 0 Å². The number of hydrazone groups is 1. The van der Waals surface area contributed by atoms with Crippen molar-refractivity contribution < 1.29 is 0 Å². The summed E-state index contributed by atoms with van der Waals surface area (Å²) in [4.78, 5) is 0. The first-order chi connectivity index (χ1) is 6.09. The van der Waals surface area contributed by atoms with E-state index in [9.17, 15) is 0 Å². The molecule has 0 unspecified atom stereocenters. The standard InChI is InChI=1S/C10H15N3/c1-8(12-13(2)3)9-4-6-10(11)7-5-9/h4-7H,11H2,1-3H3. The molecule has 0 amide bonds. The minimum atomic E-state index is 0.779. The van der Waals surface area contributed by atoms with Gasteiger partial charge >= 0.3 is 0 Å². The van der Waals surface area contributed by atoms with Gasteiger partial charge in [-0.3, -0.25) is 0 Å². The molecule has 0 aliphatic heterocycles. The predicted octanol–water partition coefficient (Wildman–Crippen LogP) is 1.55. The summed E-state index contributed by atoms with van der Waals surface area (Å²) in [5.41, 5.74) is 8.45. The summed E-state index contributed by atoms with van der Waals surface area (Å²) in [7, 11) is 3.81. The van der Waals surface area contributed by atoms with Crippen LogP contribution in [0.4, 0.5) is 5.69 Å². The summed E-state index contributed by atoms with van der Waals surface area (Å²) < 4.78 is 0. The van der Waals surface area contributed by atoms with Gasteiger partial charge in [-0.25, -0.2) is 0 Å². The number of nitrogen functional groups attached to an aromatic ring is 1. The fraction of sp³-hybridized carbons (Fsp3) is 0.300. The predicted molar refractivity (Wildman–Crippen MR) is 56.8 cm³/mol. The van der Waals surface area contributed by atoms with Crippen molar-refractivity contribution in [2.45, 2.75) is 6.92 Å². The van der Waals surface area contributed by atoms with Crippen molar-refractivity contribution in [3.05, 3.63) is 29.8 Å². The molecular weight excluding hydrogens is 162 g/mol. The Morgan fingerprint density at radius 3 is 2.23 bits per heavy atom. The number of nitrogens with zero attached hydrogens (tertiary/aromatic N) is 2. The molecule has 0 saturated carbocycles. The molecule has 0 saturated heterocycles. The molecule has 0 aliphatic rings. The second-order valence-corrected chi connectivity index (χ2v) is 3.15. The van der Waals surface area contributed by atoms with Crippen molar-refractivity contribution in [1.82, 2.24) is 5.01 Å². The number of rotatable bonds is 2. The lowest BCUT2D eigenvalue weighted by Crippen LogP contribution is -2.07. The molecule has 0 bridgehead atoms. The van der Waals surface area contributed by atoms with Crippen LogP contribution in [0.25, 0.3) is 0 Å². The van der Waals surface area contributed by atoms with Crippen LogP contribution in [0.3, 0.4) is 0 Å². The second-order valence-electron chi connectivity index (χ2n) is 3.15. The zero-order valence-corrected chi connectivity index (χ0v) is 8.28. The first kappa shape index (κ1) is 9.58. The van der Waals surface area contributed by atoms with E-state index in [1.165, 1.54) is 0 Å². The third kappa shape index (κ3) is 2.78. The Balaban J connectivity index is 2.89. The van der Waals surface area contributed by atoms with Crippen LogP contribution in [0.1, 0.15) is 12.5 Å². The molecule has 1 aromatic rings. The van der Waals surface area contributed by atoms with Gasteiger partial charge in [0.05, 0.1) is 5.71 Å². The van der Waals surface area contributed by atoms with E-state index in [2.05, 4.69) is 5.10 Å². The lowest BCUT2D eigenvalue weighted by atomic mass is 10.1. The third-order valence-electron chi connectivity index (χ3n) is 1.68. The summed E-state index contributed by atoms with van der Waals surface area (Å²) in [6.45, 7) is 1.98. The van der Waals surface area contributed by atoms with Crippen LogP contribution in [0, 0.1) is 0 Å². The molecule has 0 atom stereocenters. The third-order valence-corrected chi connectivity index (χ3v) is 1.68. The number of nitrogens with two attached hydrogens (primary N) is 1. The highest BCUT2D eigenvalue weighted by Crippen LogP contribution is 2.06. The number of benzene rings is 1. The zero-order valence-electron chi connectivity index (χ0n) is 8.28. The monoisotopic (exact) mass is 177 g/mol. The molecule has 3 heteroatoms. The van der Waals surface area contributed by atoms with Crippen molar-refractivity contribution >= 4 is 11.4 Å². The van der Waals surface area contributed by atoms with Gasteiger partial charge in [0.2, 0.25) is 0 Å². The molecule has 13 heavy (non-hydrogen) atoms. The van der Waals surface area contributed by atoms with E-state index in [1.807, 2.05) is 45.3 Å². The average Bonchev–Trinajstić information content (AvgIpc) is 2.04. The van der Waals surface area contributed by atoms with E-state index in [1.54, 1.807) is 5.01 Å². The van der Waals surface area contributed by atoms with Crippen LogP contribution in [-0.4, -0.2) is 24.8 Å². The highest BCUT2D eigenvalue weighted by atomic mass is 15.4. The quantitative estimate of drug-likeness (QED) is 0.423. The largest absolute Gasteiger partial charge is 0.399 e. The van der Waals surface area contributed by atoms with E-state index in [0.717, 1.165) is 17.0 Å². The molecule has 0 spiro atoms. The number of hydrogen-bond acceptors (Lipinski definition) is 3. The first-order valence-electron chi connectivity index (χ1n) is 4.18. The summed E-state index contributed by atoms with van der Waals surface area (Å²) >= 11 is 0. The lowest BCUT2D eigenvalue weighted by molar-refractivity contribution is 0.438. The molecule has 1 rings (SSSR count). The van der Waals surface area contributed by atoms with E-state index in [0.29, 0.717) is 0 Å². The molecule has 2 N–H and O–H groups in total. The van der Waals surface area contributed by atoms with Gasteiger partial charge in [0.25, 0.3) is 0 Å². The van der Waals surface area contributed by atoms with Crippen LogP contribution < -0.4 is 5.73 Å². The Kier molecular flexibility index (Phi) is 2.90. The maximum absolute atomic E-state index is 5.58. The normalized spacial score (nSPS) is 11.5. The SMILES string of the molecule is CC(=NN(C)C)c1ccc(N)cc1. The van der Waals surface area contributed by atoms with E-state index < -0.39 is 0 Å². The number of hydrogen-bond donors (Lipinski definition) is 1. The summed E-state index contributed by atoms with van der Waals surface area (Å²) in [5.74, 6) is 0. The maximum atomic E-state index is 5.58. The van der Waals surface area contributed by atoms with Crippen LogP contribution in [-0.2, 0) is 0 Å². The topological polar surface area (TPSA) is 41.6 Å². The van der Waals surface area contributed by atoms with E-state index >= 15 is 0 Å². The van der Waals surface area contributed by atoms with E-state index in [-0.39, 0.29) is 0 Å². The summed E-state index contributed by atoms with van der Waals surface area (Å²) in [5, 5.41) is 6.07. The van der Waals surface area contributed by atoms with Gasteiger partial charge in [-0.15, -0.1) is 0 Å². The Morgan fingerprint density at radius 1 is 1.23 bits per heavy atom. The molecule has 0 aromatic heterocycles. The Labute approximate surface area is 78.9 Å². The van der Waals surface area contributed by atoms with Gasteiger partial charge < -0.3 is 10.7 Å². The van der Waals surface area contributed by atoms with E-state index in [4.69, 9.17) is 5.73 Å². The maximum Gasteiger partial charge on any atom is 0.0646 e. The molecule has 3 nitrogen and oxygen atoms in total. The molecule has 0 fully saturated rings. The minimum absolute atomic E-state index is 0.779. The van der Waals surface area contributed by atoms with Gasteiger partial charge in [-0.2, -0.15) is 5.10 Å². The lowest BCUT2D eigenvalue weighted by Gasteiger charge is -2.07. The van der Waals surface area contributed by atoms with Crippen LogP contribution in [0.2, 0.25) is 0 Å². The molecule has 0 radical (unpaired) electrons. The van der Waals surface area contributed by atoms with Crippen molar-refractivity contribution in [2.75, 3.05) is 19.8 Å². The van der Waals surface area contributed by atoms with Crippen molar-refractivity contribution in [1.29, 1.82) is 0 Å². The summed E-state index contributed by atoms with van der Waals surface area (Å²) in [6.07, 6.45) is 0. The minimum Gasteiger partial charge on any atom is -0.399 e. The molecular formula is C10H15N3. The Morgan fingerprint density at radius 2 is 1.77 bits per heavy atom. The van der Waals surface area contributed by atoms with Gasteiger partial charge in [0.15, 0.2) is 0 Å². The van der Waals surface area contributed by atoms with Gasteiger partial charge in [-0.1, -0.05) is 12.1 Å². The Hall–Kier alpha value is -1.51. The molecule has 70 valence electrons. The smallest absolute Gasteiger partial charge is 0.0646 e. The van der Waals surface area contributed by atoms with Crippen LogP contribution in [0.5, 0.6) is 0 Å². The number of anilines is 1. The fourth-order valence-corrected chi connectivity index (χ4v) is 1.08. The average molecular weight is 177 g/mol.